The second-order valence-corrected chi connectivity index (χ2v) is 12.8. The predicted molar refractivity (Wildman–Crippen MR) is 141 cm³/mol. The molecule has 0 aliphatic rings. The van der Waals surface area contributed by atoms with Gasteiger partial charge in [0.1, 0.15) is 5.75 Å². The summed E-state index contributed by atoms with van der Waals surface area (Å²) in [5.41, 5.74) is 3.80. The highest BCUT2D eigenvalue weighted by Gasteiger charge is 2.22. The van der Waals surface area contributed by atoms with E-state index in [1.807, 2.05) is 52.0 Å². The summed E-state index contributed by atoms with van der Waals surface area (Å²) >= 11 is 0. The predicted octanol–water partition coefficient (Wildman–Crippen LogP) is 4.78. The van der Waals surface area contributed by atoms with Crippen LogP contribution in [0.5, 0.6) is 5.75 Å². The molecule has 0 fully saturated rings. The van der Waals surface area contributed by atoms with Gasteiger partial charge in [0, 0.05) is 17.4 Å². The second kappa shape index (κ2) is 10.8. The van der Waals surface area contributed by atoms with Crippen molar-refractivity contribution in [2.45, 2.75) is 43.9 Å². The maximum Gasteiger partial charge on any atom is 0.265 e. The molecule has 0 aromatic heterocycles. The molecule has 192 valence electrons. The first kappa shape index (κ1) is 27.4. The van der Waals surface area contributed by atoms with E-state index in [9.17, 15) is 21.6 Å². The molecule has 3 aromatic carbocycles. The summed E-state index contributed by atoms with van der Waals surface area (Å²) in [5.74, 6) is 0.199. The number of amides is 1. The monoisotopic (exact) mass is 529 g/mol. The fourth-order valence-electron chi connectivity index (χ4n) is 3.84. The lowest BCUT2D eigenvalue weighted by molar-refractivity contribution is 0.0980. The summed E-state index contributed by atoms with van der Waals surface area (Å²) in [4.78, 5) is 12.9. The van der Waals surface area contributed by atoms with Crippen molar-refractivity contribution in [1.82, 2.24) is 4.72 Å². The summed E-state index contributed by atoms with van der Waals surface area (Å²) in [6.45, 7) is 8.46. The quantitative estimate of drug-likeness (QED) is 0.428. The number of sulfone groups is 1. The van der Waals surface area contributed by atoms with Gasteiger partial charge in [-0.3, -0.25) is 4.79 Å². The lowest BCUT2D eigenvalue weighted by atomic mass is 9.92. The molecule has 7 nitrogen and oxygen atoms in total. The van der Waals surface area contributed by atoms with Crippen molar-refractivity contribution in [3.05, 3.63) is 77.4 Å². The number of ether oxygens (including phenoxy) is 1. The Kier molecular flexibility index (Phi) is 8.26. The molecule has 0 heterocycles. The van der Waals surface area contributed by atoms with Crippen molar-refractivity contribution in [2.24, 2.45) is 5.92 Å². The SMILES string of the molecule is CCOc1ccc(C)cc1-c1ccc(C(=O)NS(=O)(=O)c2ccc(S(C)(=O)=O)cc2)c(CC(C)C)c1. The Balaban J connectivity index is 1.98. The molecule has 0 spiro atoms. The van der Waals surface area contributed by atoms with Crippen LogP contribution in [0.2, 0.25) is 0 Å². The summed E-state index contributed by atoms with van der Waals surface area (Å²) in [5, 5.41) is 0. The summed E-state index contributed by atoms with van der Waals surface area (Å²) in [6.07, 6.45) is 1.60. The second-order valence-electron chi connectivity index (χ2n) is 9.08. The van der Waals surface area contributed by atoms with Crippen LogP contribution in [0, 0.1) is 12.8 Å². The van der Waals surface area contributed by atoms with Gasteiger partial charge in [-0.15, -0.1) is 0 Å². The fraction of sp³-hybridized carbons (Fsp3) is 0.296. The van der Waals surface area contributed by atoms with Crippen molar-refractivity contribution in [3.8, 4) is 16.9 Å². The van der Waals surface area contributed by atoms with E-state index in [0.29, 0.717) is 18.6 Å². The van der Waals surface area contributed by atoms with E-state index in [1.54, 1.807) is 12.1 Å². The lowest BCUT2D eigenvalue weighted by Crippen LogP contribution is -2.31. The van der Waals surface area contributed by atoms with Crippen molar-refractivity contribution in [1.29, 1.82) is 0 Å². The normalized spacial score (nSPS) is 11.9. The van der Waals surface area contributed by atoms with E-state index in [0.717, 1.165) is 40.8 Å². The van der Waals surface area contributed by atoms with Crippen molar-refractivity contribution < 1.29 is 26.4 Å². The van der Waals surface area contributed by atoms with Gasteiger partial charge in [0.05, 0.1) is 16.4 Å². The molecule has 0 saturated carbocycles. The molecule has 0 aliphatic carbocycles. The topological polar surface area (TPSA) is 107 Å². The molecule has 0 bridgehead atoms. The van der Waals surface area contributed by atoms with Crippen LogP contribution < -0.4 is 9.46 Å². The molecule has 3 rings (SSSR count). The van der Waals surface area contributed by atoms with Crippen LogP contribution >= 0.6 is 0 Å². The molecule has 3 aromatic rings. The van der Waals surface area contributed by atoms with E-state index in [1.165, 1.54) is 12.1 Å². The van der Waals surface area contributed by atoms with Crippen molar-refractivity contribution in [3.63, 3.8) is 0 Å². The zero-order valence-electron chi connectivity index (χ0n) is 21.0. The summed E-state index contributed by atoms with van der Waals surface area (Å²) < 4.78 is 56.9. The minimum absolute atomic E-state index is 0.00912. The highest BCUT2D eigenvalue weighted by molar-refractivity contribution is 7.91. The lowest BCUT2D eigenvalue weighted by Gasteiger charge is -2.16. The van der Waals surface area contributed by atoms with E-state index >= 15 is 0 Å². The molecule has 0 saturated heterocycles. The number of nitrogens with one attached hydrogen (secondary N) is 1. The minimum atomic E-state index is -4.21. The maximum atomic E-state index is 13.1. The summed E-state index contributed by atoms with van der Waals surface area (Å²) in [7, 11) is -7.69. The van der Waals surface area contributed by atoms with Crippen LogP contribution in [0.3, 0.4) is 0 Å². The van der Waals surface area contributed by atoms with E-state index in [2.05, 4.69) is 4.72 Å². The molecule has 0 aliphatic heterocycles. The van der Waals surface area contributed by atoms with Crippen LogP contribution in [0.15, 0.2) is 70.5 Å². The van der Waals surface area contributed by atoms with Gasteiger partial charge in [-0.25, -0.2) is 21.6 Å². The van der Waals surface area contributed by atoms with Gasteiger partial charge in [0.25, 0.3) is 15.9 Å². The Morgan fingerprint density at radius 2 is 1.56 bits per heavy atom. The molecule has 0 atom stereocenters. The molecule has 0 radical (unpaired) electrons. The zero-order valence-corrected chi connectivity index (χ0v) is 22.7. The Bertz CT molecular complexity index is 1480. The Hall–Kier alpha value is -3.17. The Labute approximate surface area is 213 Å². The van der Waals surface area contributed by atoms with E-state index in [4.69, 9.17) is 4.74 Å². The Morgan fingerprint density at radius 1 is 0.917 bits per heavy atom. The molecular weight excluding hydrogens is 498 g/mol. The van der Waals surface area contributed by atoms with E-state index < -0.39 is 25.8 Å². The number of hydrogen-bond acceptors (Lipinski definition) is 6. The van der Waals surface area contributed by atoms with Gasteiger partial charge < -0.3 is 4.74 Å². The van der Waals surface area contributed by atoms with Crippen molar-refractivity contribution in [2.75, 3.05) is 12.9 Å². The molecule has 9 heteroatoms. The first-order valence-electron chi connectivity index (χ1n) is 11.6. The third-order valence-corrected chi connectivity index (χ3v) is 7.99. The number of sulfonamides is 1. The Morgan fingerprint density at radius 3 is 2.14 bits per heavy atom. The molecule has 0 unspecified atom stereocenters. The highest BCUT2D eigenvalue weighted by atomic mass is 32.2. The average Bonchev–Trinajstić information content (AvgIpc) is 2.79. The van der Waals surface area contributed by atoms with Crippen LogP contribution in [-0.4, -0.2) is 35.6 Å². The molecular formula is C27H31NO6S2. The zero-order chi connectivity index (χ0) is 26.7. The standard InChI is InChI=1S/C27H31NO6S2/c1-6-34-26-14-7-19(4)16-25(26)20-8-13-24(21(17-20)15-18(2)3)27(29)28-36(32,33)23-11-9-22(10-12-23)35(5,30)31/h7-14,16-18H,6,15H2,1-5H3,(H,28,29). The van der Waals surface area contributed by atoms with E-state index in [-0.39, 0.29) is 21.3 Å². The van der Waals surface area contributed by atoms with Gasteiger partial charge in [0.2, 0.25) is 0 Å². The van der Waals surface area contributed by atoms with Gasteiger partial charge in [-0.2, -0.15) is 0 Å². The summed E-state index contributed by atoms with van der Waals surface area (Å²) in [6, 6.07) is 15.9. The van der Waals surface area contributed by atoms with Gasteiger partial charge >= 0.3 is 0 Å². The van der Waals surface area contributed by atoms with Gasteiger partial charge in [-0.05, 0) is 79.8 Å². The highest BCUT2D eigenvalue weighted by Crippen LogP contribution is 2.33. The van der Waals surface area contributed by atoms with Gasteiger partial charge in [-0.1, -0.05) is 37.6 Å². The maximum absolute atomic E-state index is 13.1. The van der Waals surface area contributed by atoms with Crippen LogP contribution in [-0.2, 0) is 26.3 Å². The molecule has 1 amide bonds. The average molecular weight is 530 g/mol. The third kappa shape index (κ3) is 6.53. The first-order valence-corrected chi connectivity index (χ1v) is 14.9. The van der Waals surface area contributed by atoms with Crippen LogP contribution in [0.1, 0.15) is 42.3 Å². The molecule has 36 heavy (non-hydrogen) atoms. The first-order chi connectivity index (χ1) is 16.8. The fourth-order valence-corrected chi connectivity index (χ4v) is 5.44. The number of benzene rings is 3. The largest absolute Gasteiger partial charge is 0.493 e. The van der Waals surface area contributed by atoms with Crippen molar-refractivity contribution >= 4 is 25.8 Å². The smallest absolute Gasteiger partial charge is 0.265 e. The number of hydrogen-bond donors (Lipinski definition) is 1. The molecule has 1 N–H and O–H groups in total. The number of carbonyl (C=O) groups excluding carboxylic acids is 1. The van der Waals surface area contributed by atoms with Crippen LogP contribution in [0.4, 0.5) is 0 Å². The minimum Gasteiger partial charge on any atom is -0.493 e. The number of rotatable bonds is 9. The number of aryl methyl sites for hydroxylation is 1. The van der Waals surface area contributed by atoms with Crippen LogP contribution in [0.25, 0.3) is 11.1 Å². The number of carbonyl (C=O) groups is 1. The van der Waals surface area contributed by atoms with Gasteiger partial charge in [0.15, 0.2) is 9.84 Å². The third-order valence-electron chi connectivity index (χ3n) is 5.51.